The van der Waals surface area contributed by atoms with Crippen molar-refractivity contribution in [2.45, 2.75) is 64.1 Å². The van der Waals surface area contributed by atoms with Gasteiger partial charge in [0.1, 0.15) is 12.3 Å². The van der Waals surface area contributed by atoms with Crippen molar-refractivity contribution in [1.82, 2.24) is 15.6 Å². The third kappa shape index (κ3) is 8.26. The smallest absolute Gasteiger partial charge is 0.323 e. The van der Waals surface area contributed by atoms with E-state index in [1.807, 2.05) is 55.6 Å². The number of ether oxygens (including phenoxy) is 1. The van der Waals surface area contributed by atoms with E-state index >= 15 is 0 Å². The standard InChI is InChI=1S/C15H19N3O2.C15H21NO2/c1-15(2,16)14(20)18-11(9-19)7-10-8-17-13-6-4-3-5-12(10)13;1-2-18-15(17)14-13(9-6-10-16-14)11-12-7-4-3-5-8-12/h3-6,8-9,11,17H,7,16H2,1-2H3,(H,18,20);3-5,7-8,13-14,16H,2,6,9-11H2,1H3/t11-;/m1./s1. The van der Waals surface area contributed by atoms with Gasteiger partial charge in [0, 0.05) is 23.5 Å². The Labute approximate surface area is 224 Å². The van der Waals surface area contributed by atoms with Gasteiger partial charge in [0.25, 0.3) is 0 Å². The number of rotatable bonds is 9. The summed E-state index contributed by atoms with van der Waals surface area (Å²) in [5, 5.41) is 7.02. The number of aldehydes is 1. The van der Waals surface area contributed by atoms with Crippen molar-refractivity contribution in [3.63, 3.8) is 0 Å². The average Bonchev–Trinajstić information content (AvgIpc) is 3.32. The van der Waals surface area contributed by atoms with Gasteiger partial charge >= 0.3 is 5.97 Å². The first-order valence-corrected chi connectivity index (χ1v) is 13.3. The predicted molar refractivity (Wildman–Crippen MR) is 150 cm³/mol. The van der Waals surface area contributed by atoms with E-state index in [0.717, 1.165) is 48.6 Å². The van der Waals surface area contributed by atoms with Crippen LogP contribution in [0.2, 0.25) is 0 Å². The van der Waals surface area contributed by atoms with Crippen LogP contribution in [0.1, 0.15) is 44.7 Å². The van der Waals surface area contributed by atoms with Crippen LogP contribution in [0.15, 0.2) is 60.8 Å². The average molecular weight is 521 g/mol. The van der Waals surface area contributed by atoms with Crippen molar-refractivity contribution in [2.24, 2.45) is 11.7 Å². The summed E-state index contributed by atoms with van der Waals surface area (Å²) in [4.78, 5) is 38.0. The summed E-state index contributed by atoms with van der Waals surface area (Å²) < 4.78 is 5.15. The largest absolute Gasteiger partial charge is 0.465 e. The van der Waals surface area contributed by atoms with E-state index in [2.05, 4.69) is 27.8 Å². The van der Waals surface area contributed by atoms with Crippen molar-refractivity contribution >= 4 is 29.1 Å². The maximum Gasteiger partial charge on any atom is 0.323 e. The molecule has 1 saturated heterocycles. The first-order valence-electron chi connectivity index (χ1n) is 13.3. The molecule has 2 heterocycles. The lowest BCUT2D eigenvalue weighted by Gasteiger charge is -2.31. The number of hydrogen-bond donors (Lipinski definition) is 4. The number of H-pyrrole nitrogens is 1. The molecule has 5 N–H and O–H groups in total. The van der Waals surface area contributed by atoms with Crippen LogP contribution >= 0.6 is 0 Å². The molecule has 1 aliphatic rings. The fourth-order valence-corrected chi connectivity index (χ4v) is 4.62. The molecule has 1 amide bonds. The molecule has 2 aromatic carbocycles. The highest BCUT2D eigenvalue weighted by Gasteiger charge is 2.31. The number of fused-ring (bicyclic) bond motifs is 1. The summed E-state index contributed by atoms with van der Waals surface area (Å²) in [6.07, 6.45) is 6.21. The van der Waals surface area contributed by atoms with Crippen LogP contribution in [0.3, 0.4) is 0 Å². The van der Waals surface area contributed by atoms with Gasteiger partial charge in [-0.2, -0.15) is 0 Å². The molecule has 1 aromatic heterocycles. The van der Waals surface area contributed by atoms with Crippen LogP contribution in [0, 0.1) is 5.92 Å². The van der Waals surface area contributed by atoms with Crippen LogP contribution < -0.4 is 16.4 Å². The number of benzene rings is 2. The van der Waals surface area contributed by atoms with E-state index in [9.17, 15) is 14.4 Å². The molecule has 0 spiro atoms. The van der Waals surface area contributed by atoms with Gasteiger partial charge in [-0.25, -0.2) is 0 Å². The van der Waals surface area contributed by atoms with Gasteiger partial charge in [0.15, 0.2) is 0 Å². The molecule has 0 bridgehead atoms. The summed E-state index contributed by atoms with van der Waals surface area (Å²) in [5.41, 5.74) is 8.01. The third-order valence-electron chi connectivity index (χ3n) is 6.65. The number of nitrogens with one attached hydrogen (secondary N) is 3. The Morgan fingerprint density at radius 1 is 1.16 bits per heavy atom. The van der Waals surface area contributed by atoms with E-state index < -0.39 is 11.6 Å². The normalized spacial score (nSPS) is 18.1. The fourth-order valence-electron chi connectivity index (χ4n) is 4.62. The van der Waals surface area contributed by atoms with Gasteiger partial charge in [-0.1, -0.05) is 48.5 Å². The Morgan fingerprint density at radius 3 is 2.55 bits per heavy atom. The lowest BCUT2D eigenvalue weighted by molar-refractivity contribution is -0.147. The molecular formula is C30H40N4O4. The Hall–Kier alpha value is -3.49. The van der Waals surface area contributed by atoms with Gasteiger partial charge in [-0.15, -0.1) is 0 Å². The lowest BCUT2D eigenvalue weighted by atomic mass is 9.85. The molecule has 0 radical (unpaired) electrons. The van der Waals surface area contributed by atoms with Crippen molar-refractivity contribution in [2.75, 3.05) is 13.2 Å². The Bertz CT molecular complexity index is 1190. The molecule has 8 nitrogen and oxygen atoms in total. The number of piperidine rings is 1. The van der Waals surface area contributed by atoms with E-state index in [0.29, 0.717) is 18.9 Å². The zero-order valence-electron chi connectivity index (χ0n) is 22.5. The maximum absolute atomic E-state index is 11.9. The first kappa shape index (κ1) is 29.1. The van der Waals surface area contributed by atoms with Crippen molar-refractivity contribution in [1.29, 1.82) is 0 Å². The molecule has 3 aromatic rings. The number of aromatic nitrogens is 1. The van der Waals surface area contributed by atoms with Crippen LogP contribution in [0.25, 0.3) is 10.9 Å². The minimum Gasteiger partial charge on any atom is -0.465 e. The Balaban J connectivity index is 0.000000212. The lowest BCUT2D eigenvalue weighted by Crippen LogP contribution is -2.53. The number of hydrogen-bond acceptors (Lipinski definition) is 6. The summed E-state index contributed by atoms with van der Waals surface area (Å²) >= 11 is 0. The summed E-state index contributed by atoms with van der Waals surface area (Å²) in [7, 11) is 0. The minimum absolute atomic E-state index is 0.0990. The second-order valence-corrected chi connectivity index (χ2v) is 10.3. The highest BCUT2D eigenvalue weighted by Crippen LogP contribution is 2.22. The van der Waals surface area contributed by atoms with Crippen LogP contribution in [-0.2, 0) is 32.0 Å². The van der Waals surface area contributed by atoms with Gasteiger partial charge in [0.05, 0.1) is 18.2 Å². The van der Waals surface area contributed by atoms with Gasteiger partial charge in [0.2, 0.25) is 5.91 Å². The second-order valence-electron chi connectivity index (χ2n) is 10.3. The molecule has 0 aliphatic carbocycles. The second kappa shape index (κ2) is 13.9. The number of carbonyl (C=O) groups is 3. The fraction of sp³-hybridized carbons (Fsp3) is 0.433. The zero-order valence-corrected chi connectivity index (χ0v) is 22.5. The minimum atomic E-state index is -0.999. The van der Waals surface area contributed by atoms with Crippen molar-refractivity contribution < 1.29 is 19.1 Å². The third-order valence-corrected chi connectivity index (χ3v) is 6.65. The number of esters is 1. The highest BCUT2D eigenvalue weighted by molar-refractivity contribution is 5.88. The van der Waals surface area contributed by atoms with E-state index in [1.165, 1.54) is 5.56 Å². The SMILES string of the molecule is CC(C)(N)C(=O)N[C@@H](C=O)Cc1c[nH]c2ccccc12.CCOC(=O)C1NCCCC1Cc1ccccc1. The quantitative estimate of drug-likeness (QED) is 0.253. The Morgan fingerprint density at radius 2 is 1.87 bits per heavy atom. The molecule has 8 heteroatoms. The van der Waals surface area contributed by atoms with E-state index in [1.54, 1.807) is 13.8 Å². The van der Waals surface area contributed by atoms with Crippen molar-refractivity contribution in [3.8, 4) is 0 Å². The Kier molecular flexibility index (Phi) is 10.6. The van der Waals surface area contributed by atoms with Crippen LogP contribution in [-0.4, -0.2) is 53.9 Å². The number of aromatic amines is 1. The first-order chi connectivity index (χ1) is 18.2. The molecule has 38 heavy (non-hydrogen) atoms. The van der Waals surface area contributed by atoms with Gasteiger partial charge in [-0.3, -0.25) is 9.59 Å². The summed E-state index contributed by atoms with van der Waals surface area (Å²) in [6, 6.07) is 17.5. The molecule has 0 saturated carbocycles. The molecule has 4 rings (SSSR count). The van der Waals surface area contributed by atoms with Crippen LogP contribution in [0.4, 0.5) is 0 Å². The number of carbonyl (C=O) groups excluding carboxylic acids is 3. The van der Waals surface area contributed by atoms with E-state index in [4.69, 9.17) is 10.5 Å². The summed E-state index contributed by atoms with van der Waals surface area (Å²) in [6.45, 7) is 6.43. The van der Waals surface area contributed by atoms with E-state index in [-0.39, 0.29) is 17.9 Å². The molecule has 2 unspecified atom stereocenters. The number of nitrogens with two attached hydrogens (primary N) is 1. The topological polar surface area (TPSA) is 126 Å². The summed E-state index contributed by atoms with van der Waals surface area (Å²) in [5.74, 6) is -0.0900. The number of amides is 1. The molecule has 1 fully saturated rings. The van der Waals surface area contributed by atoms with Gasteiger partial charge < -0.3 is 30.9 Å². The zero-order chi connectivity index (χ0) is 27.5. The molecular weight excluding hydrogens is 480 g/mol. The molecule has 204 valence electrons. The molecule has 1 aliphatic heterocycles. The number of para-hydroxylation sites is 1. The monoisotopic (exact) mass is 520 g/mol. The van der Waals surface area contributed by atoms with Crippen LogP contribution in [0.5, 0.6) is 0 Å². The van der Waals surface area contributed by atoms with Crippen molar-refractivity contribution in [3.05, 3.63) is 71.9 Å². The highest BCUT2D eigenvalue weighted by atomic mass is 16.5. The molecule has 3 atom stereocenters. The predicted octanol–water partition coefficient (Wildman–Crippen LogP) is 3.29. The maximum atomic E-state index is 11.9. The van der Waals surface area contributed by atoms with Gasteiger partial charge in [-0.05, 0) is 69.7 Å².